The van der Waals surface area contributed by atoms with Crippen LogP contribution in [0.4, 0.5) is 0 Å². The highest BCUT2D eigenvalue weighted by Crippen LogP contribution is 2.59. The van der Waals surface area contributed by atoms with Gasteiger partial charge in [-0.15, -0.1) is 0 Å². The first-order valence-electron chi connectivity index (χ1n) is 5.40. The zero-order valence-corrected chi connectivity index (χ0v) is 11.9. The average molecular weight is 264 g/mol. The van der Waals surface area contributed by atoms with E-state index in [1.807, 2.05) is 20.8 Å². The molecule has 0 unspecified atom stereocenters. The van der Waals surface area contributed by atoms with Gasteiger partial charge in [-0.2, -0.15) is 0 Å². The normalized spacial score (nSPS) is 27.2. The summed E-state index contributed by atoms with van der Waals surface area (Å²) in [6.45, 7) is 10.0. The van der Waals surface area contributed by atoms with E-state index in [1.54, 1.807) is 6.08 Å². The molecule has 1 fully saturated rings. The molecule has 0 heterocycles. The first-order chi connectivity index (χ1) is 7.05. The second-order valence-electron chi connectivity index (χ2n) is 6.02. The molecule has 0 saturated heterocycles. The van der Waals surface area contributed by atoms with Crippen LogP contribution < -0.4 is 5.32 Å². The van der Waals surface area contributed by atoms with Crippen LogP contribution in [-0.4, -0.2) is 11.4 Å². The number of carbonyl (C=O) groups excluding carboxylic acids is 1. The zero-order valence-electron chi connectivity index (χ0n) is 10.4. The van der Waals surface area contributed by atoms with Gasteiger partial charge < -0.3 is 5.32 Å². The molecule has 0 bridgehead atoms. The van der Waals surface area contributed by atoms with E-state index < -0.39 is 0 Å². The molecule has 0 aromatic rings. The quantitative estimate of drug-likeness (QED) is 0.812. The van der Waals surface area contributed by atoms with E-state index in [2.05, 4.69) is 19.2 Å². The number of rotatable bonds is 2. The SMILES string of the molecule is CC(C)(C)NC(=O)[C@@H]1[C@H](C=C(Cl)Cl)C1(C)C. The van der Waals surface area contributed by atoms with Crippen LogP contribution in [0, 0.1) is 17.3 Å². The van der Waals surface area contributed by atoms with Crippen molar-refractivity contribution in [3.05, 3.63) is 10.6 Å². The fourth-order valence-electron chi connectivity index (χ4n) is 2.07. The van der Waals surface area contributed by atoms with Gasteiger partial charge in [0.15, 0.2) is 0 Å². The minimum Gasteiger partial charge on any atom is -0.351 e. The molecule has 0 aromatic heterocycles. The molecule has 0 aliphatic heterocycles. The molecule has 1 amide bonds. The lowest BCUT2D eigenvalue weighted by Gasteiger charge is -2.21. The first-order valence-corrected chi connectivity index (χ1v) is 6.16. The number of amides is 1. The van der Waals surface area contributed by atoms with E-state index >= 15 is 0 Å². The van der Waals surface area contributed by atoms with Gasteiger partial charge in [-0.05, 0) is 38.2 Å². The fourth-order valence-corrected chi connectivity index (χ4v) is 2.34. The third-order valence-electron chi connectivity index (χ3n) is 3.00. The number of carbonyl (C=O) groups is 1. The second kappa shape index (κ2) is 4.23. The van der Waals surface area contributed by atoms with Gasteiger partial charge in [0, 0.05) is 5.54 Å². The van der Waals surface area contributed by atoms with E-state index in [0.29, 0.717) is 0 Å². The topological polar surface area (TPSA) is 29.1 Å². The Morgan fingerprint density at radius 1 is 1.31 bits per heavy atom. The Morgan fingerprint density at radius 2 is 1.81 bits per heavy atom. The minimum atomic E-state index is -0.200. The summed E-state index contributed by atoms with van der Waals surface area (Å²) in [5.41, 5.74) is -0.251. The number of hydrogen-bond acceptors (Lipinski definition) is 1. The van der Waals surface area contributed by atoms with Crippen molar-refractivity contribution in [3.8, 4) is 0 Å². The Kier molecular flexibility index (Phi) is 3.66. The number of nitrogens with one attached hydrogen (secondary N) is 1. The summed E-state index contributed by atoms with van der Waals surface area (Å²) >= 11 is 11.3. The van der Waals surface area contributed by atoms with Crippen LogP contribution in [0.3, 0.4) is 0 Å². The molecule has 1 N–H and O–H groups in total. The molecule has 1 saturated carbocycles. The van der Waals surface area contributed by atoms with Crippen LogP contribution in [0.25, 0.3) is 0 Å². The smallest absolute Gasteiger partial charge is 0.224 e. The molecule has 0 radical (unpaired) electrons. The van der Waals surface area contributed by atoms with Crippen molar-refractivity contribution in [1.82, 2.24) is 5.32 Å². The lowest BCUT2D eigenvalue weighted by molar-refractivity contribution is -0.124. The van der Waals surface area contributed by atoms with Crippen molar-refractivity contribution < 1.29 is 4.79 Å². The number of halogens is 2. The lowest BCUT2D eigenvalue weighted by atomic mass is 10.1. The van der Waals surface area contributed by atoms with Gasteiger partial charge in [-0.25, -0.2) is 0 Å². The molecule has 16 heavy (non-hydrogen) atoms. The Bertz CT molecular complexity index is 324. The van der Waals surface area contributed by atoms with Crippen LogP contribution in [0.2, 0.25) is 0 Å². The van der Waals surface area contributed by atoms with E-state index in [1.165, 1.54) is 0 Å². The van der Waals surface area contributed by atoms with Crippen molar-refractivity contribution in [1.29, 1.82) is 0 Å². The van der Waals surface area contributed by atoms with E-state index in [-0.39, 0.29) is 33.2 Å². The highest BCUT2D eigenvalue weighted by atomic mass is 35.5. The van der Waals surface area contributed by atoms with Crippen molar-refractivity contribution in [2.75, 3.05) is 0 Å². The standard InChI is InChI=1S/C12H19Cl2NO/c1-11(2,3)15-10(16)9-7(6-8(13)14)12(9,4)5/h6-7,9H,1-5H3,(H,15,16)/t7-,9-/m0/s1. The molecule has 0 spiro atoms. The summed E-state index contributed by atoms with van der Waals surface area (Å²) in [4.78, 5) is 12.0. The van der Waals surface area contributed by atoms with Crippen LogP contribution in [0.5, 0.6) is 0 Å². The van der Waals surface area contributed by atoms with E-state index in [9.17, 15) is 4.79 Å². The van der Waals surface area contributed by atoms with Crippen molar-refractivity contribution >= 4 is 29.1 Å². The number of hydrogen-bond donors (Lipinski definition) is 1. The van der Waals surface area contributed by atoms with Crippen molar-refractivity contribution in [2.45, 2.75) is 40.2 Å². The van der Waals surface area contributed by atoms with Gasteiger partial charge in [0.25, 0.3) is 0 Å². The first kappa shape index (κ1) is 13.9. The summed E-state index contributed by atoms with van der Waals surface area (Å²) in [6, 6.07) is 0. The third kappa shape index (κ3) is 3.14. The van der Waals surface area contributed by atoms with Gasteiger partial charge in [-0.3, -0.25) is 4.79 Å². The fraction of sp³-hybridized carbons (Fsp3) is 0.750. The molecule has 1 aliphatic carbocycles. The maximum Gasteiger partial charge on any atom is 0.224 e. The second-order valence-corrected chi connectivity index (χ2v) is 7.03. The Morgan fingerprint density at radius 3 is 2.19 bits per heavy atom. The molecule has 4 heteroatoms. The number of allylic oxidation sites excluding steroid dienone is 1. The van der Waals surface area contributed by atoms with Gasteiger partial charge >= 0.3 is 0 Å². The summed E-state index contributed by atoms with van der Waals surface area (Å²) in [7, 11) is 0. The molecule has 2 atom stereocenters. The van der Waals surface area contributed by atoms with E-state index in [4.69, 9.17) is 23.2 Å². The molecule has 92 valence electrons. The lowest BCUT2D eigenvalue weighted by Crippen LogP contribution is -2.42. The van der Waals surface area contributed by atoms with E-state index in [0.717, 1.165) is 0 Å². The van der Waals surface area contributed by atoms with Crippen LogP contribution in [-0.2, 0) is 4.79 Å². The highest BCUT2D eigenvalue weighted by Gasteiger charge is 2.60. The molecular formula is C12H19Cl2NO. The summed E-state index contributed by atoms with van der Waals surface area (Å²) in [6.07, 6.45) is 1.76. The van der Waals surface area contributed by atoms with Crippen molar-refractivity contribution in [2.24, 2.45) is 17.3 Å². The predicted octanol–water partition coefficient (Wildman–Crippen LogP) is 3.49. The Labute approximate surface area is 107 Å². The van der Waals surface area contributed by atoms with Gasteiger partial charge in [0.2, 0.25) is 5.91 Å². The minimum absolute atomic E-state index is 0.0285. The van der Waals surface area contributed by atoms with Crippen LogP contribution >= 0.6 is 23.2 Å². The molecule has 1 aliphatic rings. The Hall–Kier alpha value is -0.210. The Balaban J connectivity index is 2.70. The highest BCUT2D eigenvalue weighted by molar-refractivity contribution is 6.55. The zero-order chi connectivity index (χ0) is 12.7. The predicted molar refractivity (Wildman–Crippen MR) is 68.4 cm³/mol. The van der Waals surface area contributed by atoms with Gasteiger partial charge in [-0.1, -0.05) is 37.0 Å². The maximum absolute atomic E-state index is 12.0. The molecule has 2 nitrogen and oxygen atoms in total. The largest absolute Gasteiger partial charge is 0.351 e. The molecule has 0 aromatic carbocycles. The van der Waals surface area contributed by atoms with Crippen LogP contribution in [0.15, 0.2) is 10.6 Å². The van der Waals surface area contributed by atoms with Gasteiger partial charge in [0.1, 0.15) is 4.49 Å². The summed E-state index contributed by atoms with van der Waals surface area (Å²) in [5, 5.41) is 2.99. The maximum atomic E-state index is 12.0. The summed E-state index contributed by atoms with van der Waals surface area (Å²) < 4.78 is 0.240. The third-order valence-corrected chi connectivity index (χ3v) is 3.25. The molecular weight excluding hydrogens is 245 g/mol. The van der Waals surface area contributed by atoms with Gasteiger partial charge in [0.05, 0.1) is 5.92 Å². The summed E-state index contributed by atoms with van der Waals surface area (Å²) in [5.74, 6) is 0.187. The molecule has 1 rings (SSSR count). The van der Waals surface area contributed by atoms with Crippen LogP contribution in [0.1, 0.15) is 34.6 Å². The average Bonchev–Trinajstić information content (AvgIpc) is 2.47. The van der Waals surface area contributed by atoms with Crippen molar-refractivity contribution in [3.63, 3.8) is 0 Å². The monoisotopic (exact) mass is 263 g/mol.